The smallest absolute Gasteiger partial charge is 0.242 e. The molecule has 4 heterocycles. The van der Waals surface area contributed by atoms with E-state index < -0.39 is 11.9 Å². The standard InChI is InChI=1S/C42H26F2N4/c43-41-32(25-46-33-19-7-1-13-26(33)27-14-2-8-20-34(27)46)39(47-35-21-9-3-15-28(35)29-16-4-10-22-36(29)47)40(42(44)45-41)48-37-23-11-5-17-30(37)31-18-6-12-24-38(31)48/h1-24H,25H2. The minimum atomic E-state index is -0.873. The minimum Gasteiger partial charge on any atom is -0.336 e. The molecule has 0 aliphatic heterocycles. The summed E-state index contributed by atoms with van der Waals surface area (Å²) in [6.45, 7) is 0.132. The molecular weight excluding hydrogens is 598 g/mol. The van der Waals surface area contributed by atoms with Gasteiger partial charge in [-0.2, -0.15) is 13.8 Å². The maximum absolute atomic E-state index is 16.9. The van der Waals surface area contributed by atoms with Gasteiger partial charge in [0.15, 0.2) is 0 Å². The quantitative estimate of drug-likeness (QED) is 0.179. The number of halogens is 2. The molecule has 228 valence electrons. The molecule has 6 aromatic carbocycles. The van der Waals surface area contributed by atoms with Gasteiger partial charge in [-0.1, -0.05) is 109 Å². The third kappa shape index (κ3) is 3.65. The average Bonchev–Trinajstić information content (AvgIpc) is 3.75. The molecule has 0 saturated heterocycles. The van der Waals surface area contributed by atoms with E-state index in [4.69, 9.17) is 0 Å². The molecule has 0 radical (unpaired) electrons. The lowest BCUT2D eigenvalue weighted by Gasteiger charge is -2.22. The molecule has 0 aliphatic rings. The highest BCUT2D eigenvalue weighted by Gasteiger charge is 2.29. The van der Waals surface area contributed by atoms with Crippen LogP contribution in [0.1, 0.15) is 5.56 Å². The normalized spacial score (nSPS) is 12.0. The van der Waals surface area contributed by atoms with Crippen LogP contribution in [0.4, 0.5) is 8.78 Å². The monoisotopic (exact) mass is 624 g/mol. The summed E-state index contributed by atoms with van der Waals surface area (Å²) in [5.41, 5.74) is 6.20. The fourth-order valence-corrected chi connectivity index (χ4v) is 7.78. The predicted octanol–water partition coefficient (Wildman–Crippen LogP) is 10.7. The van der Waals surface area contributed by atoms with Gasteiger partial charge in [-0.25, -0.2) is 0 Å². The lowest BCUT2D eigenvalue weighted by Crippen LogP contribution is -2.16. The SMILES string of the molecule is Fc1nc(F)c(-n2c3ccccc3c3ccccc32)c(-n2c3ccccc3c3ccccc32)c1Cn1c2ccccc2c2ccccc21. The molecule has 10 aromatic rings. The first-order chi connectivity index (χ1) is 23.7. The number of para-hydroxylation sites is 6. The molecule has 0 bridgehead atoms. The van der Waals surface area contributed by atoms with Crippen molar-refractivity contribution in [3.63, 3.8) is 0 Å². The van der Waals surface area contributed by atoms with E-state index in [2.05, 4.69) is 45.9 Å². The van der Waals surface area contributed by atoms with Gasteiger partial charge in [0.2, 0.25) is 11.9 Å². The third-order valence-electron chi connectivity index (χ3n) is 9.75. The van der Waals surface area contributed by atoms with Crippen molar-refractivity contribution in [2.75, 3.05) is 0 Å². The van der Waals surface area contributed by atoms with E-state index in [1.807, 2.05) is 118 Å². The van der Waals surface area contributed by atoms with Gasteiger partial charge >= 0.3 is 0 Å². The number of benzene rings is 6. The Kier molecular flexibility index (Phi) is 5.67. The van der Waals surface area contributed by atoms with E-state index in [-0.39, 0.29) is 12.2 Å². The van der Waals surface area contributed by atoms with Crippen LogP contribution in [0.5, 0.6) is 0 Å². The Balaban J connectivity index is 1.41. The molecule has 4 nitrogen and oxygen atoms in total. The Bertz CT molecular complexity index is 2750. The first kappa shape index (κ1) is 26.9. The van der Waals surface area contributed by atoms with E-state index in [1.54, 1.807) is 0 Å². The minimum absolute atomic E-state index is 0.132. The van der Waals surface area contributed by atoms with Crippen molar-refractivity contribution in [2.45, 2.75) is 6.54 Å². The number of nitrogens with zero attached hydrogens (tertiary/aromatic N) is 4. The van der Waals surface area contributed by atoms with Crippen molar-refractivity contribution in [3.8, 4) is 11.4 Å². The van der Waals surface area contributed by atoms with Gasteiger partial charge in [-0.05, 0) is 36.4 Å². The summed E-state index contributed by atoms with van der Waals surface area (Å²) in [6.07, 6.45) is 0. The molecule has 48 heavy (non-hydrogen) atoms. The zero-order valence-electron chi connectivity index (χ0n) is 25.6. The number of fused-ring (bicyclic) bond motifs is 9. The van der Waals surface area contributed by atoms with Gasteiger partial charge in [0.1, 0.15) is 5.69 Å². The van der Waals surface area contributed by atoms with Crippen LogP contribution in [0.15, 0.2) is 146 Å². The summed E-state index contributed by atoms with van der Waals surface area (Å²) in [4.78, 5) is 4.03. The topological polar surface area (TPSA) is 27.7 Å². The lowest BCUT2D eigenvalue weighted by molar-refractivity contribution is 0.496. The van der Waals surface area contributed by atoms with Crippen LogP contribution in [0.2, 0.25) is 0 Å². The van der Waals surface area contributed by atoms with Crippen molar-refractivity contribution in [3.05, 3.63) is 163 Å². The maximum Gasteiger partial charge on any atom is 0.242 e. The number of pyridine rings is 1. The van der Waals surface area contributed by atoms with Crippen molar-refractivity contribution in [1.29, 1.82) is 0 Å². The summed E-state index contributed by atoms with van der Waals surface area (Å²) in [6, 6.07) is 48.3. The number of rotatable bonds is 4. The molecular formula is C42H26F2N4. The summed E-state index contributed by atoms with van der Waals surface area (Å²) in [7, 11) is 0. The van der Waals surface area contributed by atoms with Gasteiger partial charge in [0, 0.05) is 43.4 Å². The van der Waals surface area contributed by atoms with Crippen molar-refractivity contribution < 1.29 is 8.78 Å². The Morgan fingerprint density at radius 2 is 0.688 bits per heavy atom. The Labute approximate surface area is 273 Å². The van der Waals surface area contributed by atoms with Crippen LogP contribution in [-0.2, 0) is 6.54 Å². The van der Waals surface area contributed by atoms with Crippen LogP contribution in [0, 0.1) is 11.9 Å². The van der Waals surface area contributed by atoms with E-state index in [9.17, 15) is 0 Å². The zero-order valence-corrected chi connectivity index (χ0v) is 25.6. The second kappa shape index (κ2) is 10.1. The van der Waals surface area contributed by atoms with Crippen molar-refractivity contribution >= 4 is 65.4 Å². The van der Waals surface area contributed by atoms with Crippen LogP contribution >= 0.6 is 0 Å². The second-order valence-corrected chi connectivity index (χ2v) is 12.2. The molecule has 0 aliphatic carbocycles. The van der Waals surface area contributed by atoms with Gasteiger partial charge in [-0.3, -0.25) is 0 Å². The molecule has 0 spiro atoms. The van der Waals surface area contributed by atoms with Crippen LogP contribution < -0.4 is 0 Å². The van der Waals surface area contributed by atoms with Crippen molar-refractivity contribution in [1.82, 2.24) is 18.7 Å². The van der Waals surface area contributed by atoms with E-state index in [1.165, 1.54) is 0 Å². The fraction of sp³-hybridized carbons (Fsp3) is 0.0238. The highest BCUT2D eigenvalue weighted by atomic mass is 19.1. The predicted molar refractivity (Wildman–Crippen MR) is 191 cm³/mol. The number of hydrogen-bond donors (Lipinski definition) is 0. The molecule has 0 atom stereocenters. The summed E-state index contributed by atoms with van der Waals surface area (Å²) >= 11 is 0. The lowest BCUT2D eigenvalue weighted by atomic mass is 10.1. The van der Waals surface area contributed by atoms with Crippen LogP contribution in [0.25, 0.3) is 76.8 Å². The van der Waals surface area contributed by atoms with E-state index >= 15 is 8.78 Å². The number of hydrogen-bond acceptors (Lipinski definition) is 1. The summed E-state index contributed by atoms with van der Waals surface area (Å²) in [5, 5.41) is 6.11. The second-order valence-electron chi connectivity index (χ2n) is 12.2. The maximum atomic E-state index is 16.9. The third-order valence-corrected chi connectivity index (χ3v) is 9.75. The van der Waals surface area contributed by atoms with Gasteiger partial charge in [0.05, 0.1) is 39.9 Å². The fourth-order valence-electron chi connectivity index (χ4n) is 7.78. The van der Waals surface area contributed by atoms with E-state index in [0.717, 1.165) is 65.4 Å². The van der Waals surface area contributed by atoms with Crippen LogP contribution in [-0.4, -0.2) is 18.7 Å². The van der Waals surface area contributed by atoms with Crippen molar-refractivity contribution in [2.24, 2.45) is 0 Å². The molecule has 0 amide bonds. The molecule has 0 N–H and O–H groups in total. The molecule has 0 saturated carbocycles. The zero-order chi connectivity index (χ0) is 31.9. The largest absolute Gasteiger partial charge is 0.336 e. The summed E-state index contributed by atoms with van der Waals surface area (Å²) in [5.74, 6) is -1.71. The average molecular weight is 625 g/mol. The van der Waals surface area contributed by atoms with Crippen LogP contribution in [0.3, 0.4) is 0 Å². The van der Waals surface area contributed by atoms with Gasteiger partial charge in [0.25, 0.3) is 0 Å². The first-order valence-corrected chi connectivity index (χ1v) is 16.0. The Morgan fingerprint density at radius 3 is 1.08 bits per heavy atom. The Hall–Kier alpha value is -6.27. The molecule has 10 rings (SSSR count). The first-order valence-electron chi connectivity index (χ1n) is 16.0. The number of aromatic nitrogens is 4. The molecule has 0 fully saturated rings. The molecule has 6 heteroatoms. The van der Waals surface area contributed by atoms with Gasteiger partial charge < -0.3 is 13.7 Å². The molecule has 4 aromatic heterocycles. The summed E-state index contributed by atoms with van der Waals surface area (Å²) < 4.78 is 39.7. The Morgan fingerprint density at radius 1 is 0.375 bits per heavy atom. The van der Waals surface area contributed by atoms with E-state index in [0.29, 0.717) is 11.3 Å². The highest BCUT2D eigenvalue weighted by Crippen LogP contribution is 2.41. The highest BCUT2D eigenvalue weighted by molar-refractivity contribution is 6.12. The molecule has 0 unspecified atom stereocenters. The van der Waals surface area contributed by atoms with Gasteiger partial charge in [-0.15, -0.1) is 0 Å².